The summed E-state index contributed by atoms with van der Waals surface area (Å²) in [4.78, 5) is 0. The zero-order valence-corrected chi connectivity index (χ0v) is 12.5. The van der Waals surface area contributed by atoms with Gasteiger partial charge in [0.25, 0.3) is 0 Å². The van der Waals surface area contributed by atoms with Crippen LogP contribution in [0.3, 0.4) is 0 Å². The van der Waals surface area contributed by atoms with Crippen molar-refractivity contribution in [3.8, 4) is 0 Å². The summed E-state index contributed by atoms with van der Waals surface area (Å²) >= 11 is 5.67. The van der Waals surface area contributed by atoms with Crippen molar-refractivity contribution >= 4 is 11.6 Å². The lowest BCUT2D eigenvalue weighted by Crippen LogP contribution is -2.32. The molecule has 1 aliphatic rings. The van der Waals surface area contributed by atoms with Crippen LogP contribution in [-0.2, 0) is 4.74 Å². The maximum absolute atomic E-state index is 13.5. The number of benzene rings is 1. The topological polar surface area (TPSA) is 29.5 Å². The van der Waals surface area contributed by atoms with Gasteiger partial charge in [0.05, 0.1) is 22.3 Å². The van der Waals surface area contributed by atoms with E-state index in [0.29, 0.717) is 5.56 Å². The first kappa shape index (κ1) is 14.8. The number of hydrogen-bond donors (Lipinski definition) is 1. The molecule has 106 valence electrons. The lowest BCUT2D eigenvalue weighted by atomic mass is 9.80. The van der Waals surface area contributed by atoms with Gasteiger partial charge >= 0.3 is 0 Å². The number of aliphatic hydroxyl groups excluding tert-OH is 1. The average Bonchev–Trinajstić information content (AvgIpc) is 2.49. The van der Waals surface area contributed by atoms with Crippen molar-refractivity contribution in [1.82, 2.24) is 0 Å². The normalized spacial score (nSPS) is 26.4. The zero-order valence-electron chi connectivity index (χ0n) is 11.7. The molecular weight excluding hydrogens is 267 g/mol. The van der Waals surface area contributed by atoms with E-state index >= 15 is 0 Å². The molecule has 1 fully saturated rings. The number of aliphatic hydroxyl groups is 1. The SMILES string of the molecule is CC1(C)CC(C(O)c2ccc(Cl)c(F)c2)C(C)(C)O1. The van der Waals surface area contributed by atoms with Gasteiger partial charge in [-0.2, -0.15) is 0 Å². The largest absolute Gasteiger partial charge is 0.388 e. The Labute approximate surface area is 118 Å². The monoisotopic (exact) mass is 286 g/mol. The van der Waals surface area contributed by atoms with E-state index < -0.39 is 17.5 Å². The molecule has 19 heavy (non-hydrogen) atoms. The fraction of sp³-hybridized carbons (Fsp3) is 0.600. The first-order valence-electron chi connectivity index (χ1n) is 6.45. The molecule has 2 nitrogen and oxygen atoms in total. The lowest BCUT2D eigenvalue weighted by Gasteiger charge is -2.30. The Hall–Kier alpha value is -0.640. The molecule has 4 heteroatoms. The molecule has 0 aliphatic carbocycles. The van der Waals surface area contributed by atoms with Crippen LogP contribution in [-0.4, -0.2) is 16.3 Å². The summed E-state index contributed by atoms with van der Waals surface area (Å²) in [5.74, 6) is -0.586. The van der Waals surface area contributed by atoms with Crippen LogP contribution in [0.4, 0.5) is 4.39 Å². The molecule has 2 rings (SSSR count). The second-order valence-electron chi connectivity index (χ2n) is 6.39. The Kier molecular flexibility index (Phi) is 3.67. The summed E-state index contributed by atoms with van der Waals surface area (Å²) in [6.07, 6.45) is -0.0330. The average molecular weight is 287 g/mol. The molecule has 0 bridgehead atoms. The van der Waals surface area contributed by atoms with Gasteiger partial charge in [-0.1, -0.05) is 17.7 Å². The van der Waals surface area contributed by atoms with E-state index in [1.807, 2.05) is 27.7 Å². The van der Waals surface area contributed by atoms with Crippen LogP contribution < -0.4 is 0 Å². The summed E-state index contributed by atoms with van der Waals surface area (Å²) in [6, 6.07) is 4.44. The first-order valence-corrected chi connectivity index (χ1v) is 6.83. The van der Waals surface area contributed by atoms with Gasteiger partial charge < -0.3 is 9.84 Å². The minimum absolute atomic E-state index is 0.0678. The van der Waals surface area contributed by atoms with Gasteiger partial charge in [0.15, 0.2) is 0 Å². The maximum atomic E-state index is 13.5. The predicted octanol–water partition coefficient (Wildman–Crippen LogP) is 4.11. The number of halogens is 2. The van der Waals surface area contributed by atoms with E-state index in [2.05, 4.69) is 0 Å². The molecule has 1 heterocycles. The Balaban J connectivity index is 2.28. The van der Waals surface area contributed by atoms with Crippen molar-refractivity contribution in [2.24, 2.45) is 5.92 Å². The van der Waals surface area contributed by atoms with Crippen LogP contribution in [0.25, 0.3) is 0 Å². The highest BCUT2D eigenvalue weighted by atomic mass is 35.5. The van der Waals surface area contributed by atoms with Crippen LogP contribution in [0.15, 0.2) is 18.2 Å². The predicted molar refractivity (Wildman–Crippen MR) is 73.7 cm³/mol. The zero-order chi connectivity index (χ0) is 14.4. The third-order valence-electron chi connectivity index (χ3n) is 3.81. The van der Waals surface area contributed by atoms with Gasteiger partial charge in [0.2, 0.25) is 0 Å². The van der Waals surface area contributed by atoms with Crippen LogP contribution in [0.5, 0.6) is 0 Å². The molecule has 1 aliphatic heterocycles. The highest BCUT2D eigenvalue weighted by molar-refractivity contribution is 6.30. The lowest BCUT2D eigenvalue weighted by molar-refractivity contribution is -0.0880. The summed E-state index contributed by atoms with van der Waals surface area (Å²) < 4.78 is 19.5. The van der Waals surface area contributed by atoms with Crippen molar-refractivity contribution in [3.63, 3.8) is 0 Å². The minimum atomic E-state index is -0.761. The number of rotatable bonds is 2. The van der Waals surface area contributed by atoms with E-state index in [9.17, 15) is 9.50 Å². The van der Waals surface area contributed by atoms with E-state index in [-0.39, 0.29) is 16.5 Å². The van der Waals surface area contributed by atoms with E-state index in [4.69, 9.17) is 16.3 Å². The molecule has 2 atom stereocenters. The van der Waals surface area contributed by atoms with Crippen LogP contribution in [0.2, 0.25) is 5.02 Å². The molecule has 0 amide bonds. The van der Waals surface area contributed by atoms with E-state index in [1.165, 1.54) is 12.1 Å². The molecule has 0 aromatic heterocycles. The minimum Gasteiger partial charge on any atom is -0.388 e. The molecule has 0 saturated carbocycles. The Morgan fingerprint density at radius 2 is 2.00 bits per heavy atom. The molecule has 1 N–H and O–H groups in total. The Morgan fingerprint density at radius 1 is 1.37 bits per heavy atom. The first-order chi connectivity index (χ1) is 8.62. The van der Waals surface area contributed by atoms with Crippen molar-refractivity contribution in [3.05, 3.63) is 34.6 Å². The standard InChI is InChI=1S/C15H20ClFO2/c1-14(2)8-10(15(3,4)19-14)13(18)9-5-6-11(16)12(17)7-9/h5-7,10,13,18H,8H2,1-4H3. The third kappa shape index (κ3) is 2.93. The summed E-state index contributed by atoms with van der Waals surface area (Å²) in [5, 5.41) is 10.6. The summed E-state index contributed by atoms with van der Waals surface area (Å²) in [5.41, 5.74) is -0.180. The highest BCUT2D eigenvalue weighted by Gasteiger charge is 2.49. The smallest absolute Gasteiger partial charge is 0.142 e. The van der Waals surface area contributed by atoms with Crippen molar-refractivity contribution < 1.29 is 14.2 Å². The maximum Gasteiger partial charge on any atom is 0.142 e. The molecule has 2 unspecified atom stereocenters. The molecule has 0 radical (unpaired) electrons. The van der Waals surface area contributed by atoms with Crippen LogP contribution in [0.1, 0.15) is 45.8 Å². The van der Waals surface area contributed by atoms with Crippen molar-refractivity contribution in [1.29, 1.82) is 0 Å². The fourth-order valence-corrected chi connectivity index (χ4v) is 3.14. The summed E-state index contributed by atoms with van der Waals surface area (Å²) in [6.45, 7) is 7.93. The van der Waals surface area contributed by atoms with Gasteiger partial charge in [-0.05, 0) is 51.8 Å². The molecule has 1 aromatic carbocycles. The highest BCUT2D eigenvalue weighted by Crippen LogP contribution is 2.47. The van der Waals surface area contributed by atoms with Gasteiger partial charge in [-0.15, -0.1) is 0 Å². The Bertz CT molecular complexity index is 485. The molecule has 0 spiro atoms. The van der Waals surface area contributed by atoms with Crippen molar-refractivity contribution in [2.75, 3.05) is 0 Å². The second kappa shape index (κ2) is 4.72. The van der Waals surface area contributed by atoms with Crippen molar-refractivity contribution in [2.45, 2.75) is 51.4 Å². The van der Waals surface area contributed by atoms with Gasteiger partial charge in [-0.25, -0.2) is 4.39 Å². The quantitative estimate of drug-likeness (QED) is 0.887. The van der Waals surface area contributed by atoms with E-state index in [1.54, 1.807) is 6.07 Å². The molecular formula is C15H20ClFO2. The van der Waals surface area contributed by atoms with E-state index in [0.717, 1.165) is 6.42 Å². The number of ether oxygens (including phenoxy) is 1. The number of hydrogen-bond acceptors (Lipinski definition) is 2. The third-order valence-corrected chi connectivity index (χ3v) is 4.12. The molecule has 1 aromatic rings. The fourth-order valence-electron chi connectivity index (χ4n) is 3.03. The summed E-state index contributed by atoms with van der Waals surface area (Å²) in [7, 11) is 0. The van der Waals surface area contributed by atoms with Gasteiger partial charge in [0.1, 0.15) is 5.82 Å². The van der Waals surface area contributed by atoms with Gasteiger partial charge in [-0.3, -0.25) is 0 Å². The van der Waals surface area contributed by atoms with Crippen LogP contribution >= 0.6 is 11.6 Å². The van der Waals surface area contributed by atoms with Crippen LogP contribution in [0, 0.1) is 11.7 Å². The van der Waals surface area contributed by atoms with Gasteiger partial charge in [0, 0.05) is 5.92 Å². The molecule has 1 saturated heterocycles. The second-order valence-corrected chi connectivity index (χ2v) is 6.80. The Morgan fingerprint density at radius 3 is 2.47 bits per heavy atom.